The molecule has 2 aliphatic heterocycles. The molecule has 0 amide bonds. The molecule has 3 rings (SSSR count). The average Bonchev–Trinajstić information content (AvgIpc) is 3.18. The Morgan fingerprint density at radius 2 is 1.27 bits per heavy atom. The van der Waals surface area contributed by atoms with Crippen LogP contribution in [-0.2, 0) is 18.6 Å². The van der Waals surface area contributed by atoms with Crippen molar-refractivity contribution in [3.8, 4) is 0 Å². The van der Waals surface area contributed by atoms with Gasteiger partial charge in [0.2, 0.25) is 0 Å². The second-order valence-electron chi connectivity index (χ2n) is 5.42. The summed E-state index contributed by atoms with van der Waals surface area (Å²) < 4.78 is 23.2. The molecular weight excluding hydrogens is 318 g/mol. The lowest BCUT2D eigenvalue weighted by molar-refractivity contribution is 0.263. The van der Waals surface area contributed by atoms with Crippen molar-refractivity contribution in [2.45, 2.75) is 12.2 Å². The quantitative estimate of drug-likeness (QED) is 0.709. The van der Waals surface area contributed by atoms with E-state index in [0.29, 0.717) is 13.2 Å². The Hall–Kier alpha value is -0.110. The van der Waals surface area contributed by atoms with Gasteiger partial charge in [0.15, 0.2) is 0 Å². The summed E-state index contributed by atoms with van der Waals surface area (Å²) in [6, 6.07) is 8.15. The number of hydrogen-bond donors (Lipinski definition) is 0. The molecule has 1 aromatic carbocycles. The zero-order valence-corrected chi connectivity index (χ0v) is 14.5. The average molecular weight is 338 g/mol. The fraction of sp³-hybridized carbons (Fsp3) is 0.571. The fourth-order valence-electron chi connectivity index (χ4n) is 2.60. The van der Waals surface area contributed by atoms with Crippen LogP contribution in [0.15, 0.2) is 24.3 Å². The highest BCUT2D eigenvalue weighted by Gasteiger charge is 2.35. The van der Waals surface area contributed by atoms with Gasteiger partial charge in [0.05, 0.1) is 25.4 Å². The van der Waals surface area contributed by atoms with Crippen molar-refractivity contribution < 1.29 is 18.6 Å². The highest BCUT2D eigenvalue weighted by atomic mass is 32.2. The molecule has 0 spiro atoms. The van der Waals surface area contributed by atoms with Crippen molar-refractivity contribution >= 4 is 48.7 Å². The summed E-state index contributed by atoms with van der Waals surface area (Å²) in [6.45, 7) is 1.33. The summed E-state index contributed by atoms with van der Waals surface area (Å²) in [5, 5.41) is 0. The summed E-state index contributed by atoms with van der Waals surface area (Å²) >= 11 is 3.56. The molecule has 4 nitrogen and oxygen atoms in total. The van der Waals surface area contributed by atoms with Crippen LogP contribution in [0.3, 0.4) is 0 Å². The van der Waals surface area contributed by atoms with Gasteiger partial charge in [-0.1, -0.05) is 24.3 Å². The first kappa shape index (κ1) is 16.7. The third-order valence-corrected chi connectivity index (χ3v) is 5.10. The minimum absolute atomic E-state index is 0.188. The van der Waals surface area contributed by atoms with E-state index < -0.39 is 0 Å². The van der Waals surface area contributed by atoms with Crippen LogP contribution in [0.4, 0.5) is 0 Å². The Kier molecular flexibility index (Phi) is 6.18. The molecule has 0 N–H and O–H groups in total. The van der Waals surface area contributed by atoms with E-state index >= 15 is 0 Å². The maximum absolute atomic E-state index is 5.89. The van der Waals surface area contributed by atoms with E-state index in [1.807, 2.05) is 24.3 Å². The van der Waals surface area contributed by atoms with Crippen LogP contribution < -0.4 is 10.9 Å². The molecule has 1 aromatic rings. The summed E-state index contributed by atoms with van der Waals surface area (Å²) in [4.78, 5) is 0. The van der Waals surface area contributed by atoms with Gasteiger partial charge in [-0.25, -0.2) is 0 Å². The van der Waals surface area contributed by atoms with Crippen molar-refractivity contribution in [2.24, 2.45) is 0 Å². The van der Waals surface area contributed by atoms with E-state index in [1.165, 1.54) is 0 Å². The molecule has 2 aliphatic rings. The first-order valence-electron chi connectivity index (χ1n) is 7.42. The molecule has 0 radical (unpaired) electrons. The topological polar surface area (TPSA) is 36.9 Å². The van der Waals surface area contributed by atoms with E-state index in [4.69, 9.17) is 18.6 Å². The monoisotopic (exact) mass is 338 g/mol. The molecular formula is C14H20B2O4S2. The zero-order chi connectivity index (χ0) is 15.4. The third-order valence-electron chi connectivity index (χ3n) is 3.68. The van der Waals surface area contributed by atoms with Crippen LogP contribution >= 0.6 is 23.5 Å². The van der Waals surface area contributed by atoms with E-state index in [1.54, 1.807) is 23.5 Å². The van der Waals surface area contributed by atoms with E-state index in [-0.39, 0.29) is 26.4 Å². The Morgan fingerprint density at radius 3 is 1.64 bits per heavy atom. The maximum atomic E-state index is 5.89. The molecule has 0 bridgehead atoms. The molecule has 2 atom stereocenters. The van der Waals surface area contributed by atoms with Crippen molar-refractivity contribution in [1.29, 1.82) is 0 Å². The summed E-state index contributed by atoms with van der Waals surface area (Å²) in [7, 11) is -0.498. The molecule has 22 heavy (non-hydrogen) atoms. The Bertz CT molecular complexity index is 433. The standard InChI is InChI=1S/C14H20B2O4S2/c1-21-9-13-7-17-15(19-13)11-3-5-12(6-4-11)16-18-8-14(20-16)10-22-2/h3-6,13-14H,7-10H2,1-2H3. The number of thioether (sulfide) groups is 2. The van der Waals surface area contributed by atoms with Gasteiger partial charge >= 0.3 is 14.2 Å². The Labute approximate surface area is 141 Å². The van der Waals surface area contributed by atoms with Crippen molar-refractivity contribution in [2.75, 3.05) is 37.2 Å². The predicted octanol–water partition coefficient (Wildman–Crippen LogP) is 0.634. The van der Waals surface area contributed by atoms with Crippen LogP contribution in [0.25, 0.3) is 0 Å². The fourth-order valence-corrected chi connectivity index (χ4v) is 3.70. The summed E-state index contributed by atoms with van der Waals surface area (Å²) in [5.41, 5.74) is 2.09. The van der Waals surface area contributed by atoms with Gasteiger partial charge in [-0.2, -0.15) is 23.5 Å². The lowest BCUT2D eigenvalue weighted by Gasteiger charge is -2.10. The Morgan fingerprint density at radius 1 is 0.864 bits per heavy atom. The first-order valence-corrected chi connectivity index (χ1v) is 10.2. The van der Waals surface area contributed by atoms with Crippen LogP contribution in [0, 0.1) is 0 Å². The first-order chi connectivity index (χ1) is 10.8. The lowest BCUT2D eigenvalue weighted by atomic mass is 9.74. The van der Waals surface area contributed by atoms with E-state index in [2.05, 4.69) is 12.5 Å². The van der Waals surface area contributed by atoms with Crippen LogP contribution in [0.2, 0.25) is 0 Å². The van der Waals surface area contributed by atoms with Gasteiger partial charge in [0.25, 0.3) is 0 Å². The molecule has 8 heteroatoms. The number of rotatable bonds is 6. The number of hydrogen-bond acceptors (Lipinski definition) is 6. The molecule has 2 saturated heterocycles. The molecule has 118 valence electrons. The van der Waals surface area contributed by atoms with E-state index in [9.17, 15) is 0 Å². The normalized spacial score (nSPS) is 25.2. The van der Waals surface area contributed by atoms with Gasteiger partial charge in [0.1, 0.15) is 0 Å². The SMILES string of the molecule is CSCC1COB(c2ccc(B3OCC(CSC)O3)cc2)O1. The molecule has 2 unspecified atom stereocenters. The molecule has 0 aromatic heterocycles. The van der Waals surface area contributed by atoms with Crippen LogP contribution in [-0.4, -0.2) is 63.7 Å². The second-order valence-corrected chi connectivity index (χ2v) is 7.25. The van der Waals surface area contributed by atoms with Gasteiger partial charge in [-0.3, -0.25) is 0 Å². The molecule has 0 saturated carbocycles. The lowest BCUT2D eigenvalue weighted by Crippen LogP contribution is -2.37. The molecule has 2 fully saturated rings. The van der Waals surface area contributed by atoms with Gasteiger partial charge < -0.3 is 18.6 Å². The van der Waals surface area contributed by atoms with Crippen LogP contribution in [0.5, 0.6) is 0 Å². The van der Waals surface area contributed by atoms with Gasteiger partial charge in [-0.15, -0.1) is 0 Å². The largest absolute Gasteiger partial charge is 0.494 e. The molecule has 0 aliphatic carbocycles. The second kappa shape index (κ2) is 8.13. The van der Waals surface area contributed by atoms with E-state index in [0.717, 1.165) is 22.4 Å². The maximum Gasteiger partial charge on any atom is 0.494 e. The minimum Gasteiger partial charge on any atom is -0.405 e. The Balaban J connectivity index is 1.57. The summed E-state index contributed by atoms with van der Waals surface area (Å²) in [5.74, 6) is 1.93. The van der Waals surface area contributed by atoms with Crippen molar-refractivity contribution in [3.05, 3.63) is 24.3 Å². The minimum atomic E-state index is -0.249. The number of benzene rings is 1. The van der Waals surface area contributed by atoms with Crippen molar-refractivity contribution in [3.63, 3.8) is 0 Å². The molecule has 2 heterocycles. The highest BCUT2D eigenvalue weighted by Crippen LogP contribution is 2.14. The van der Waals surface area contributed by atoms with Crippen molar-refractivity contribution in [1.82, 2.24) is 0 Å². The summed E-state index contributed by atoms with van der Waals surface area (Å²) in [6.07, 6.45) is 4.54. The zero-order valence-electron chi connectivity index (χ0n) is 12.9. The van der Waals surface area contributed by atoms with Gasteiger partial charge in [0, 0.05) is 11.5 Å². The predicted molar refractivity (Wildman–Crippen MR) is 95.6 cm³/mol. The smallest absolute Gasteiger partial charge is 0.405 e. The third kappa shape index (κ3) is 4.04. The highest BCUT2D eigenvalue weighted by molar-refractivity contribution is 7.98. The van der Waals surface area contributed by atoms with Crippen LogP contribution in [0.1, 0.15) is 0 Å². The van der Waals surface area contributed by atoms with Gasteiger partial charge in [-0.05, 0) is 23.4 Å².